The lowest BCUT2D eigenvalue weighted by atomic mass is 9.91. The number of pyridine rings is 1. The quantitative estimate of drug-likeness (QED) is 0.940. The smallest absolute Gasteiger partial charge is 0.255 e. The number of piperidine rings is 1. The largest absolute Gasteiger partial charge is 0.338 e. The minimum absolute atomic E-state index is 0.0808. The summed E-state index contributed by atoms with van der Waals surface area (Å²) >= 11 is 1.65. The van der Waals surface area contributed by atoms with E-state index in [2.05, 4.69) is 10.4 Å². The minimum Gasteiger partial charge on any atom is -0.338 e. The fraction of sp³-hybridized carbons (Fsp3) is 0.444. The molecule has 1 aliphatic heterocycles. The number of amides is 1. The number of likely N-dealkylation sites (tertiary alicyclic amines) is 1. The van der Waals surface area contributed by atoms with E-state index in [9.17, 15) is 4.79 Å². The number of aromatic nitrogens is 1. The standard InChI is InChI=1S/C18H23N3OS/c1-12(19)14-4-3-8-21(10-14)18(22)16-5-6-17(20-13(16)2)15-7-9-23-11-15/h5-7,9,11-12,14H,3-4,8,10,19H2,1-2H3. The van der Waals surface area contributed by atoms with Gasteiger partial charge in [0.05, 0.1) is 17.0 Å². The number of nitrogens with two attached hydrogens (primary N) is 1. The summed E-state index contributed by atoms with van der Waals surface area (Å²) in [5.74, 6) is 0.475. The maximum absolute atomic E-state index is 12.8. The Labute approximate surface area is 141 Å². The van der Waals surface area contributed by atoms with Gasteiger partial charge in [0.25, 0.3) is 5.91 Å². The number of nitrogens with zero attached hydrogens (tertiary/aromatic N) is 2. The summed E-state index contributed by atoms with van der Waals surface area (Å²) in [5.41, 5.74) is 9.55. The minimum atomic E-state index is 0.0808. The molecule has 4 nitrogen and oxygen atoms in total. The summed E-state index contributed by atoms with van der Waals surface area (Å²) in [6.07, 6.45) is 2.13. The Kier molecular flexibility index (Phi) is 4.78. The van der Waals surface area contributed by atoms with Gasteiger partial charge in [-0.15, -0.1) is 0 Å². The number of carbonyl (C=O) groups is 1. The molecule has 5 heteroatoms. The number of hydrogen-bond donors (Lipinski definition) is 1. The lowest BCUT2D eigenvalue weighted by molar-refractivity contribution is 0.0660. The second kappa shape index (κ2) is 6.81. The molecule has 122 valence electrons. The van der Waals surface area contributed by atoms with Crippen molar-refractivity contribution in [3.63, 3.8) is 0 Å². The van der Waals surface area contributed by atoms with Crippen molar-refractivity contribution in [2.24, 2.45) is 11.7 Å². The first-order valence-electron chi connectivity index (χ1n) is 8.11. The first-order valence-corrected chi connectivity index (χ1v) is 9.05. The van der Waals surface area contributed by atoms with Crippen LogP contribution in [0.5, 0.6) is 0 Å². The molecule has 1 fully saturated rings. The molecule has 0 saturated carbocycles. The molecular weight excluding hydrogens is 306 g/mol. The highest BCUT2D eigenvalue weighted by molar-refractivity contribution is 7.08. The van der Waals surface area contributed by atoms with E-state index in [0.29, 0.717) is 11.5 Å². The van der Waals surface area contributed by atoms with Gasteiger partial charge in [-0.05, 0) is 56.2 Å². The Balaban J connectivity index is 1.80. The van der Waals surface area contributed by atoms with Crippen LogP contribution in [0.2, 0.25) is 0 Å². The van der Waals surface area contributed by atoms with Gasteiger partial charge < -0.3 is 10.6 Å². The predicted octanol–water partition coefficient (Wildman–Crippen LogP) is 3.32. The molecule has 0 radical (unpaired) electrons. The van der Waals surface area contributed by atoms with E-state index >= 15 is 0 Å². The number of hydrogen-bond acceptors (Lipinski definition) is 4. The fourth-order valence-corrected chi connectivity index (χ4v) is 3.80. The van der Waals surface area contributed by atoms with Gasteiger partial charge in [-0.2, -0.15) is 11.3 Å². The van der Waals surface area contributed by atoms with Gasteiger partial charge in [-0.25, -0.2) is 0 Å². The van der Waals surface area contributed by atoms with Crippen molar-refractivity contribution in [1.29, 1.82) is 0 Å². The number of carbonyl (C=O) groups excluding carboxylic acids is 1. The van der Waals surface area contributed by atoms with Crippen LogP contribution in [0.15, 0.2) is 29.0 Å². The predicted molar refractivity (Wildman–Crippen MR) is 94.6 cm³/mol. The Bertz CT molecular complexity index is 682. The lowest BCUT2D eigenvalue weighted by Crippen LogP contribution is -2.45. The highest BCUT2D eigenvalue weighted by atomic mass is 32.1. The third kappa shape index (κ3) is 3.46. The number of thiophene rings is 1. The van der Waals surface area contributed by atoms with Gasteiger partial charge in [0.15, 0.2) is 0 Å². The van der Waals surface area contributed by atoms with Crippen molar-refractivity contribution >= 4 is 17.2 Å². The topological polar surface area (TPSA) is 59.2 Å². The van der Waals surface area contributed by atoms with Crippen LogP contribution in [0.4, 0.5) is 0 Å². The Hall–Kier alpha value is -1.72. The molecule has 1 saturated heterocycles. The molecule has 0 spiro atoms. The normalized spacial score (nSPS) is 19.6. The molecular formula is C18H23N3OS. The highest BCUT2D eigenvalue weighted by Gasteiger charge is 2.27. The zero-order valence-electron chi connectivity index (χ0n) is 13.7. The molecule has 3 rings (SSSR count). The van der Waals surface area contributed by atoms with Crippen molar-refractivity contribution < 1.29 is 4.79 Å². The number of aryl methyl sites for hydroxylation is 1. The van der Waals surface area contributed by atoms with Crippen molar-refractivity contribution in [2.75, 3.05) is 13.1 Å². The second-order valence-corrected chi connectivity index (χ2v) is 7.13. The van der Waals surface area contributed by atoms with Crippen LogP contribution in [0.25, 0.3) is 11.3 Å². The maximum atomic E-state index is 12.8. The van der Waals surface area contributed by atoms with Crippen LogP contribution in [0.3, 0.4) is 0 Å². The van der Waals surface area contributed by atoms with Gasteiger partial charge in [0.1, 0.15) is 0 Å². The molecule has 0 bridgehead atoms. The number of rotatable bonds is 3. The van der Waals surface area contributed by atoms with Gasteiger partial charge in [-0.3, -0.25) is 9.78 Å². The van der Waals surface area contributed by atoms with E-state index in [-0.39, 0.29) is 11.9 Å². The van der Waals surface area contributed by atoms with Crippen LogP contribution < -0.4 is 5.73 Å². The molecule has 1 aliphatic rings. The van der Waals surface area contributed by atoms with E-state index in [1.165, 1.54) is 0 Å². The molecule has 2 aromatic rings. The monoisotopic (exact) mass is 329 g/mol. The fourth-order valence-electron chi connectivity index (χ4n) is 3.15. The summed E-state index contributed by atoms with van der Waals surface area (Å²) in [6.45, 7) is 5.51. The van der Waals surface area contributed by atoms with Crippen LogP contribution in [0.1, 0.15) is 35.8 Å². The lowest BCUT2D eigenvalue weighted by Gasteiger charge is -2.34. The van der Waals surface area contributed by atoms with Crippen molar-refractivity contribution in [2.45, 2.75) is 32.7 Å². The second-order valence-electron chi connectivity index (χ2n) is 6.35. The highest BCUT2D eigenvalue weighted by Crippen LogP contribution is 2.24. The molecule has 3 heterocycles. The summed E-state index contributed by atoms with van der Waals surface area (Å²) in [5, 5.41) is 4.11. The molecule has 2 atom stereocenters. The Morgan fingerprint density at radius 1 is 1.43 bits per heavy atom. The molecule has 0 aromatic carbocycles. The summed E-state index contributed by atoms with van der Waals surface area (Å²) in [6, 6.07) is 6.03. The average molecular weight is 329 g/mol. The molecule has 2 unspecified atom stereocenters. The Morgan fingerprint density at radius 3 is 2.91 bits per heavy atom. The van der Waals surface area contributed by atoms with Crippen LogP contribution in [-0.2, 0) is 0 Å². The van der Waals surface area contributed by atoms with E-state index in [1.807, 2.05) is 42.3 Å². The van der Waals surface area contributed by atoms with Crippen LogP contribution >= 0.6 is 11.3 Å². The molecule has 1 amide bonds. The van der Waals surface area contributed by atoms with E-state index < -0.39 is 0 Å². The summed E-state index contributed by atoms with van der Waals surface area (Å²) < 4.78 is 0. The first-order chi connectivity index (χ1) is 11.1. The summed E-state index contributed by atoms with van der Waals surface area (Å²) in [4.78, 5) is 19.4. The molecule has 23 heavy (non-hydrogen) atoms. The van der Waals surface area contributed by atoms with Gasteiger partial charge in [0.2, 0.25) is 0 Å². The van der Waals surface area contributed by atoms with Crippen LogP contribution in [0, 0.1) is 12.8 Å². The van der Waals surface area contributed by atoms with Gasteiger partial charge >= 0.3 is 0 Å². The Morgan fingerprint density at radius 2 is 2.26 bits per heavy atom. The third-order valence-electron chi connectivity index (χ3n) is 4.62. The van der Waals surface area contributed by atoms with Gasteiger partial charge in [-0.1, -0.05) is 0 Å². The third-order valence-corrected chi connectivity index (χ3v) is 5.31. The molecule has 0 aliphatic carbocycles. The molecule has 2 N–H and O–H groups in total. The van der Waals surface area contributed by atoms with Crippen LogP contribution in [-0.4, -0.2) is 34.9 Å². The zero-order valence-corrected chi connectivity index (χ0v) is 14.5. The van der Waals surface area contributed by atoms with E-state index in [0.717, 1.165) is 42.9 Å². The summed E-state index contributed by atoms with van der Waals surface area (Å²) in [7, 11) is 0. The van der Waals surface area contributed by atoms with E-state index in [1.54, 1.807) is 11.3 Å². The maximum Gasteiger partial charge on any atom is 0.255 e. The van der Waals surface area contributed by atoms with Crippen molar-refractivity contribution in [3.8, 4) is 11.3 Å². The zero-order chi connectivity index (χ0) is 16.4. The molecule has 2 aromatic heterocycles. The van der Waals surface area contributed by atoms with Gasteiger partial charge in [0, 0.05) is 30.1 Å². The average Bonchev–Trinajstić information content (AvgIpc) is 3.08. The van der Waals surface area contributed by atoms with E-state index in [4.69, 9.17) is 5.73 Å². The first kappa shape index (κ1) is 16.1. The van der Waals surface area contributed by atoms with Crippen molar-refractivity contribution in [1.82, 2.24) is 9.88 Å². The van der Waals surface area contributed by atoms with Crippen molar-refractivity contribution in [3.05, 3.63) is 40.2 Å². The SMILES string of the molecule is Cc1nc(-c2ccsc2)ccc1C(=O)N1CCCC(C(C)N)C1.